The minimum absolute atomic E-state index is 0.00236. The average molecular weight is 267 g/mol. The first-order valence-electron chi connectivity index (χ1n) is 6.22. The molecule has 0 aliphatic heterocycles. The highest BCUT2D eigenvalue weighted by Crippen LogP contribution is 2.22. The summed E-state index contributed by atoms with van der Waals surface area (Å²) in [6, 6.07) is 6.04. The summed E-state index contributed by atoms with van der Waals surface area (Å²) < 4.78 is 0. The summed E-state index contributed by atoms with van der Waals surface area (Å²) in [6.07, 6.45) is 0.898. The molecule has 1 aromatic carbocycles. The number of aryl methyl sites for hydroxylation is 2. The van der Waals surface area contributed by atoms with Gasteiger partial charge in [-0.05, 0) is 31.4 Å². The molecule has 3 nitrogen and oxygen atoms in total. The largest absolute Gasteiger partial charge is 0.396 e. The van der Waals surface area contributed by atoms with Gasteiger partial charge in [-0.1, -0.05) is 25.1 Å². The van der Waals surface area contributed by atoms with Crippen LogP contribution in [0.3, 0.4) is 0 Å². The summed E-state index contributed by atoms with van der Waals surface area (Å²) in [6.45, 7) is 6.04. The summed E-state index contributed by atoms with van der Waals surface area (Å²) in [4.78, 5) is 12.0. The topological polar surface area (TPSA) is 49.3 Å². The van der Waals surface area contributed by atoms with Crippen molar-refractivity contribution in [2.24, 2.45) is 0 Å². The van der Waals surface area contributed by atoms with Crippen LogP contribution in [0.1, 0.15) is 25.0 Å². The lowest BCUT2D eigenvalue weighted by molar-refractivity contribution is -0.115. The van der Waals surface area contributed by atoms with E-state index in [2.05, 4.69) is 12.2 Å². The molecule has 0 aliphatic carbocycles. The van der Waals surface area contributed by atoms with Gasteiger partial charge in [0.2, 0.25) is 5.91 Å². The molecule has 1 aromatic rings. The molecule has 0 spiro atoms. The van der Waals surface area contributed by atoms with E-state index < -0.39 is 0 Å². The summed E-state index contributed by atoms with van der Waals surface area (Å²) in [5.41, 5.74) is 3.17. The zero-order chi connectivity index (χ0) is 13.5. The molecule has 1 unspecified atom stereocenters. The molecule has 4 heteroatoms. The number of rotatable bonds is 6. The van der Waals surface area contributed by atoms with Gasteiger partial charge in [-0.15, -0.1) is 11.8 Å². The summed E-state index contributed by atoms with van der Waals surface area (Å²) in [5, 5.41) is 11.6. The fraction of sp³-hybridized carbons (Fsp3) is 0.500. The average Bonchev–Trinajstić information content (AvgIpc) is 2.38. The zero-order valence-electron chi connectivity index (χ0n) is 11.2. The van der Waals surface area contributed by atoms with Gasteiger partial charge in [-0.25, -0.2) is 0 Å². The van der Waals surface area contributed by atoms with Gasteiger partial charge in [-0.3, -0.25) is 4.79 Å². The maximum atomic E-state index is 12.0. The Balaban J connectivity index is 2.75. The second kappa shape index (κ2) is 7.44. The van der Waals surface area contributed by atoms with Crippen molar-refractivity contribution < 1.29 is 9.90 Å². The number of amides is 1. The van der Waals surface area contributed by atoms with Gasteiger partial charge in [0.15, 0.2) is 0 Å². The Hall–Kier alpha value is -1.000. The molecule has 0 heterocycles. The van der Waals surface area contributed by atoms with E-state index in [4.69, 9.17) is 5.11 Å². The van der Waals surface area contributed by atoms with Crippen molar-refractivity contribution in [3.63, 3.8) is 0 Å². The normalized spacial score (nSPS) is 12.2. The Morgan fingerprint density at radius 3 is 2.83 bits per heavy atom. The third-order valence-electron chi connectivity index (χ3n) is 2.82. The quantitative estimate of drug-likeness (QED) is 0.833. The van der Waals surface area contributed by atoms with Crippen LogP contribution in [0.5, 0.6) is 0 Å². The molecule has 0 radical (unpaired) electrons. The van der Waals surface area contributed by atoms with Crippen LogP contribution in [-0.4, -0.2) is 28.6 Å². The van der Waals surface area contributed by atoms with Gasteiger partial charge < -0.3 is 10.4 Å². The molecule has 100 valence electrons. The van der Waals surface area contributed by atoms with Gasteiger partial charge in [0, 0.05) is 11.4 Å². The van der Waals surface area contributed by atoms with Crippen molar-refractivity contribution in [1.29, 1.82) is 0 Å². The van der Waals surface area contributed by atoms with Crippen LogP contribution in [0.25, 0.3) is 0 Å². The van der Waals surface area contributed by atoms with Crippen LogP contribution < -0.4 is 5.32 Å². The summed E-state index contributed by atoms with van der Waals surface area (Å²) >= 11 is 1.46. The number of thioether (sulfide) groups is 1. The van der Waals surface area contributed by atoms with Crippen molar-refractivity contribution in [3.05, 3.63) is 29.3 Å². The molecule has 1 atom stereocenters. The number of carbonyl (C=O) groups is 1. The van der Waals surface area contributed by atoms with Crippen molar-refractivity contribution >= 4 is 23.4 Å². The lowest BCUT2D eigenvalue weighted by atomic mass is 10.1. The van der Waals surface area contributed by atoms with E-state index in [0.717, 1.165) is 23.2 Å². The van der Waals surface area contributed by atoms with Gasteiger partial charge in [-0.2, -0.15) is 0 Å². The second-order valence-corrected chi connectivity index (χ2v) is 5.64. The van der Waals surface area contributed by atoms with Crippen LogP contribution in [0, 0.1) is 6.92 Å². The van der Waals surface area contributed by atoms with E-state index in [9.17, 15) is 4.79 Å². The standard InChI is InChI=1S/C14H21NO2S/c1-4-12-7-5-6-10(2)13(12)15-14(17)11(3)18-9-8-16/h5-7,11,16H,4,8-9H2,1-3H3,(H,15,17). The monoisotopic (exact) mass is 267 g/mol. The highest BCUT2D eigenvalue weighted by molar-refractivity contribution is 8.00. The van der Waals surface area contributed by atoms with Gasteiger partial charge in [0.1, 0.15) is 0 Å². The predicted octanol–water partition coefficient (Wildman–Crippen LogP) is 2.61. The Morgan fingerprint density at radius 2 is 2.22 bits per heavy atom. The fourth-order valence-corrected chi connectivity index (χ4v) is 2.40. The molecular weight excluding hydrogens is 246 g/mol. The van der Waals surface area contributed by atoms with Crippen LogP contribution in [-0.2, 0) is 11.2 Å². The number of hydrogen-bond donors (Lipinski definition) is 2. The highest BCUT2D eigenvalue weighted by atomic mass is 32.2. The van der Waals surface area contributed by atoms with E-state index in [1.165, 1.54) is 11.8 Å². The number of hydrogen-bond acceptors (Lipinski definition) is 3. The molecule has 0 aliphatic rings. The van der Waals surface area contributed by atoms with E-state index >= 15 is 0 Å². The SMILES string of the molecule is CCc1cccc(C)c1NC(=O)C(C)SCCO. The van der Waals surface area contributed by atoms with Crippen molar-refractivity contribution in [2.75, 3.05) is 17.7 Å². The van der Waals surface area contributed by atoms with E-state index in [1.54, 1.807) is 0 Å². The van der Waals surface area contributed by atoms with Crippen molar-refractivity contribution in [2.45, 2.75) is 32.4 Å². The zero-order valence-corrected chi connectivity index (χ0v) is 12.0. The van der Waals surface area contributed by atoms with E-state index in [1.807, 2.05) is 32.0 Å². The molecule has 1 amide bonds. The first-order valence-corrected chi connectivity index (χ1v) is 7.26. The fourth-order valence-electron chi connectivity index (χ4n) is 1.73. The minimum Gasteiger partial charge on any atom is -0.396 e. The predicted molar refractivity (Wildman–Crippen MR) is 78.2 cm³/mol. The lowest BCUT2D eigenvalue weighted by Gasteiger charge is -2.16. The minimum atomic E-state index is -0.151. The Morgan fingerprint density at radius 1 is 1.50 bits per heavy atom. The van der Waals surface area contributed by atoms with Gasteiger partial charge in [0.05, 0.1) is 11.9 Å². The number of aliphatic hydroxyl groups is 1. The third kappa shape index (κ3) is 4.03. The van der Waals surface area contributed by atoms with E-state index in [0.29, 0.717) is 5.75 Å². The first-order chi connectivity index (χ1) is 8.60. The number of carbonyl (C=O) groups excluding carboxylic acids is 1. The third-order valence-corrected chi connectivity index (χ3v) is 3.95. The van der Waals surface area contributed by atoms with Gasteiger partial charge in [0.25, 0.3) is 0 Å². The molecule has 1 rings (SSSR count). The Bertz CT molecular complexity index is 407. The van der Waals surface area contributed by atoms with Crippen LogP contribution >= 0.6 is 11.8 Å². The molecular formula is C14H21NO2S. The first kappa shape index (κ1) is 15.1. The number of nitrogens with one attached hydrogen (secondary N) is 1. The highest BCUT2D eigenvalue weighted by Gasteiger charge is 2.15. The number of aliphatic hydroxyl groups excluding tert-OH is 1. The Kier molecular flexibility index (Phi) is 6.22. The van der Waals surface area contributed by atoms with Gasteiger partial charge >= 0.3 is 0 Å². The number of benzene rings is 1. The van der Waals surface area contributed by atoms with Crippen LogP contribution in [0.15, 0.2) is 18.2 Å². The summed E-state index contributed by atoms with van der Waals surface area (Å²) in [5.74, 6) is 0.584. The molecule has 0 aromatic heterocycles. The molecule has 18 heavy (non-hydrogen) atoms. The Labute approximate surface area is 113 Å². The smallest absolute Gasteiger partial charge is 0.237 e. The van der Waals surface area contributed by atoms with Crippen molar-refractivity contribution in [1.82, 2.24) is 0 Å². The maximum Gasteiger partial charge on any atom is 0.237 e. The van der Waals surface area contributed by atoms with E-state index in [-0.39, 0.29) is 17.8 Å². The molecule has 0 saturated heterocycles. The molecule has 0 saturated carbocycles. The van der Waals surface area contributed by atoms with Crippen LogP contribution in [0.2, 0.25) is 0 Å². The molecule has 0 fully saturated rings. The van der Waals surface area contributed by atoms with Crippen molar-refractivity contribution in [3.8, 4) is 0 Å². The maximum absolute atomic E-state index is 12.0. The second-order valence-electron chi connectivity index (χ2n) is 4.19. The number of para-hydroxylation sites is 1. The lowest BCUT2D eigenvalue weighted by Crippen LogP contribution is -2.24. The molecule has 2 N–H and O–H groups in total. The van der Waals surface area contributed by atoms with Crippen LogP contribution in [0.4, 0.5) is 5.69 Å². The number of anilines is 1. The summed E-state index contributed by atoms with van der Waals surface area (Å²) in [7, 11) is 0. The molecule has 0 bridgehead atoms.